The number of nitrogens with zero attached hydrogens (tertiary/aromatic N) is 1. The van der Waals surface area contributed by atoms with Crippen LogP contribution in [0.3, 0.4) is 0 Å². The summed E-state index contributed by atoms with van der Waals surface area (Å²) in [5.41, 5.74) is 0.928. The summed E-state index contributed by atoms with van der Waals surface area (Å²) in [5.74, 6) is 0.0419. The molecule has 2 aromatic carbocycles. The Morgan fingerprint density at radius 3 is 2.45 bits per heavy atom. The van der Waals surface area contributed by atoms with Crippen molar-refractivity contribution in [1.82, 2.24) is 9.62 Å². The Labute approximate surface area is 228 Å². The van der Waals surface area contributed by atoms with Crippen LogP contribution in [0.15, 0.2) is 65.3 Å². The Morgan fingerprint density at radius 1 is 1.11 bits per heavy atom. The quantitative estimate of drug-likeness (QED) is 0.333. The van der Waals surface area contributed by atoms with Crippen molar-refractivity contribution in [2.75, 3.05) is 53.7 Å². The lowest BCUT2D eigenvalue weighted by molar-refractivity contribution is -0.146. The SMILES string of the molecule is COCCNC(=O)C1=C[C@H](c2ccc(Cl)cc2)C[C@H](OCCN(CCO)S(=O)(=O)c2ccc(OC)cc2)O1. The smallest absolute Gasteiger partial charge is 0.286 e. The number of nitrogens with one attached hydrogen (secondary N) is 1. The van der Waals surface area contributed by atoms with Crippen LogP contribution in [0.4, 0.5) is 0 Å². The third kappa shape index (κ3) is 8.16. The van der Waals surface area contributed by atoms with Gasteiger partial charge in [0.1, 0.15) is 5.75 Å². The molecule has 2 N–H and O–H groups in total. The van der Waals surface area contributed by atoms with Gasteiger partial charge in [0.2, 0.25) is 16.3 Å². The van der Waals surface area contributed by atoms with Crippen molar-refractivity contribution in [3.63, 3.8) is 0 Å². The number of aliphatic hydroxyl groups excluding tert-OH is 1. The monoisotopic (exact) mass is 568 g/mol. The molecule has 208 valence electrons. The van der Waals surface area contributed by atoms with Crippen LogP contribution in [0.1, 0.15) is 17.9 Å². The van der Waals surface area contributed by atoms with Crippen molar-refractivity contribution in [3.8, 4) is 5.75 Å². The molecule has 0 radical (unpaired) electrons. The van der Waals surface area contributed by atoms with Crippen LogP contribution in [0, 0.1) is 0 Å². The molecule has 0 saturated heterocycles. The minimum absolute atomic E-state index is 0.0219. The van der Waals surface area contributed by atoms with Crippen LogP contribution in [-0.4, -0.2) is 83.7 Å². The van der Waals surface area contributed by atoms with E-state index in [1.54, 1.807) is 30.3 Å². The number of allylic oxidation sites excluding steroid dienone is 1. The standard InChI is InChI=1S/C26H33ClN2O8S/c1-34-15-11-28-26(31)24-17-20(19-3-5-21(27)6-4-19)18-25(37-24)36-16-13-29(12-14-30)38(32,33)23-9-7-22(35-2)8-10-23/h3-10,17,20,25,30H,11-16,18H2,1-2H3,(H,28,31)/t20-,25+/m0/s1. The predicted molar refractivity (Wildman–Crippen MR) is 141 cm³/mol. The maximum absolute atomic E-state index is 13.1. The third-order valence-corrected chi connectivity index (χ3v) is 8.03. The van der Waals surface area contributed by atoms with Crippen LogP contribution in [0.2, 0.25) is 5.02 Å². The highest BCUT2D eigenvalue weighted by Crippen LogP contribution is 2.32. The highest BCUT2D eigenvalue weighted by molar-refractivity contribution is 7.89. The van der Waals surface area contributed by atoms with Gasteiger partial charge in [-0.25, -0.2) is 8.42 Å². The molecule has 0 unspecified atom stereocenters. The summed E-state index contributed by atoms with van der Waals surface area (Å²) < 4.78 is 49.2. The zero-order valence-electron chi connectivity index (χ0n) is 21.3. The minimum atomic E-state index is -3.89. The number of aliphatic hydroxyl groups is 1. The highest BCUT2D eigenvalue weighted by Gasteiger charge is 2.30. The maximum atomic E-state index is 13.1. The Kier molecular flexibility index (Phi) is 11.4. The molecule has 2 atom stereocenters. The number of halogens is 1. The fourth-order valence-corrected chi connectivity index (χ4v) is 5.40. The van der Waals surface area contributed by atoms with Crippen LogP contribution in [0.25, 0.3) is 0 Å². The summed E-state index contributed by atoms with van der Waals surface area (Å²) >= 11 is 6.03. The number of benzene rings is 2. The van der Waals surface area contributed by atoms with Crippen molar-refractivity contribution >= 4 is 27.5 Å². The number of sulfonamides is 1. The lowest BCUT2D eigenvalue weighted by Crippen LogP contribution is -2.38. The van der Waals surface area contributed by atoms with Gasteiger partial charge >= 0.3 is 0 Å². The zero-order valence-corrected chi connectivity index (χ0v) is 22.9. The molecule has 1 aliphatic rings. The van der Waals surface area contributed by atoms with Gasteiger partial charge in [0, 0.05) is 44.1 Å². The average molecular weight is 569 g/mol. The van der Waals surface area contributed by atoms with E-state index < -0.39 is 22.2 Å². The van der Waals surface area contributed by atoms with E-state index in [1.165, 1.54) is 26.4 Å². The molecular weight excluding hydrogens is 536 g/mol. The number of amides is 1. The van der Waals surface area contributed by atoms with Crippen LogP contribution in [0.5, 0.6) is 5.75 Å². The molecule has 1 heterocycles. The fourth-order valence-electron chi connectivity index (χ4n) is 3.86. The molecule has 10 nitrogen and oxygen atoms in total. The van der Waals surface area contributed by atoms with Gasteiger partial charge in [0.15, 0.2) is 5.76 Å². The van der Waals surface area contributed by atoms with E-state index in [-0.39, 0.29) is 42.9 Å². The lowest BCUT2D eigenvalue weighted by Gasteiger charge is -2.30. The first kappa shape index (κ1) is 29.9. The lowest BCUT2D eigenvalue weighted by atomic mass is 9.93. The normalized spacial score (nSPS) is 17.6. The predicted octanol–water partition coefficient (Wildman–Crippen LogP) is 2.52. The molecular formula is C26H33ClN2O8S. The topological polar surface area (TPSA) is 124 Å². The highest BCUT2D eigenvalue weighted by atomic mass is 35.5. The molecule has 2 aromatic rings. The second kappa shape index (κ2) is 14.5. The fraction of sp³-hybridized carbons (Fsp3) is 0.423. The van der Waals surface area contributed by atoms with Crippen LogP contribution < -0.4 is 10.1 Å². The van der Waals surface area contributed by atoms with Crippen molar-refractivity contribution in [3.05, 3.63) is 71.0 Å². The number of carbonyl (C=O) groups excluding carboxylic acids is 1. The van der Waals surface area contributed by atoms with E-state index in [2.05, 4.69) is 5.32 Å². The molecule has 0 saturated carbocycles. The van der Waals surface area contributed by atoms with Gasteiger partial charge in [-0.05, 0) is 48.0 Å². The van der Waals surface area contributed by atoms with Gasteiger partial charge in [-0.15, -0.1) is 0 Å². The third-order valence-electron chi connectivity index (χ3n) is 5.86. The molecule has 0 aliphatic carbocycles. The molecule has 1 aliphatic heterocycles. The molecule has 0 spiro atoms. The Morgan fingerprint density at radius 2 is 1.82 bits per heavy atom. The Hall–Kier alpha value is -2.67. The number of hydrogen-bond donors (Lipinski definition) is 2. The summed E-state index contributed by atoms with van der Waals surface area (Å²) in [5, 5.41) is 12.8. The van der Waals surface area contributed by atoms with E-state index in [9.17, 15) is 18.3 Å². The Balaban J connectivity index is 1.70. The molecule has 38 heavy (non-hydrogen) atoms. The van der Waals surface area contributed by atoms with Gasteiger partial charge < -0.3 is 29.4 Å². The van der Waals surface area contributed by atoms with E-state index in [1.807, 2.05) is 12.1 Å². The minimum Gasteiger partial charge on any atom is -0.497 e. The summed E-state index contributed by atoms with van der Waals surface area (Å²) in [7, 11) is -0.856. The summed E-state index contributed by atoms with van der Waals surface area (Å²) in [4.78, 5) is 12.8. The van der Waals surface area contributed by atoms with Gasteiger partial charge in [-0.3, -0.25) is 4.79 Å². The number of methoxy groups -OCH3 is 2. The number of carbonyl (C=O) groups is 1. The van der Waals surface area contributed by atoms with Crippen LogP contribution >= 0.6 is 11.6 Å². The van der Waals surface area contributed by atoms with Crippen LogP contribution in [-0.2, 0) is 29.0 Å². The molecule has 3 rings (SSSR count). The van der Waals surface area contributed by atoms with Gasteiger partial charge in [0.25, 0.3) is 5.91 Å². The molecule has 1 amide bonds. The van der Waals surface area contributed by atoms with E-state index >= 15 is 0 Å². The summed E-state index contributed by atoms with van der Waals surface area (Å²) in [6, 6.07) is 13.3. The molecule has 0 bridgehead atoms. The summed E-state index contributed by atoms with van der Waals surface area (Å²) in [6.45, 7) is 0.146. The van der Waals surface area contributed by atoms with Crippen molar-refractivity contribution in [2.24, 2.45) is 0 Å². The molecule has 0 fully saturated rings. The number of rotatable bonds is 14. The average Bonchev–Trinajstić information content (AvgIpc) is 2.93. The molecule has 0 aromatic heterocycles. The maximum Gasteiger partial charge on any atom is 0.286 e. The largest absolute Gasteiger partial charge is 0.497 e. The number of ether oxygens (including phenoxy) is 4. The zero-order chi connectivity index (χ0) is 27.5. The Bertz CT molecular complexity index is 1170. The first-order valence-electron chi connectivity index (χ1n) is 12.1. The van der Waals surface area contributed by atoms with Gasteiger partial charge in [-0.2, -0.15) is 4.31 Å². The van der Waals surface area contributed by atoms with Crippen molar-refractivity contribution < 1.29 is 37.3 Å². The van der Waals surface area contributed by atoms with Crippen molar-refractivity contribution in [2.45, 2.75) is 23.5 Å². The first-order valence-corrected chi connectivity index (χ1v) is 13.9. The first-order chi connectivity index (χ1) is 18.3. The molecule has 12 heteroatoms. The van der Waals surface area contributed by atoms with E-state index in [4.69, 9.17) is 30.5 Å². The van der Waals surface area contributed by atoms with Gasteiger partial charge in [0.05, 0.1) is 31.8 Å². The summed E-state index contributed by atoms with van der Waals surface area (Å²) in [6.07, 6.45) is 1.34. The number of hydrogen-bond acceptors (Lipinski definition) is 8. The van der Waals surface area contributed by atoms with E-state index in [0.717, 1.165) is 9.87 Å². The second-order valence-corrected chi connectivity index (χ2v) is 10.8. The second-order valence-electron chi connectivity index (χ2n) is 8.39. The van der Waals surface area contributed by atoms with Crippen molar-refractivity contribution in [1.29, 1.82) is 0 Å². The van der Waals surface area contributed by atoms with Gasteiger partial charge in [-0.1, -0.05) is 23.7 Å². The van der Waals surface area contributed by atoms with E-state index in [0.29, 0.717) is 30.3 Å².